The van der Waals surface area contributed by atoms with E-state index in [1.54, 1.807) is 6.07 Å². The second-order valence-corrected chi connectivity index (χ2v) is 7.48. The maximum absolute atomic E-state index is 13.2. The van der Waals surface area contributed by atoms with Crippen LogP contribution < -0.4 is 14.2 Å². The molecule has 8 heteroatoms. The highest BCUT2D eigenvalue weighted by Crippen LogP contribution is 2.30. The molecule has 0 amide bonds. The summed E-state index contributed by atoms with van der Waals surface area (Å²) in [6.07, 6.45) is -0.400. The summed E-state index contributed by atoms with van der Waals surface area (Å²) in [5.74, 6) is 1.87. The Bertz CT molecular complexity index is 947. The van der Waals surface area contributed by atoms with Crippen molar-refractivity contribution in [1.82, 2.24) is 0 Å². The molecule has 1 unspecified atom stereocenters. The highest BCUT2D eigenvalue weighted by Gasteiger charge is 2.38. The quantitative estimate of drug-likeness (QED) is 0.219. The van der Waals surface area contributed by atoms with E-state index < -0.39 is 11.9 Å². The number of alkyl halides is 3. The van der Waals surface area contributed by atoms with Crippen molar-refractivity contribution < 1.29 is 32.2 Å². The molecule has 0 N–H and O–H groups in total. The second-order valence-electron chi connectivity index (χ2n) is 7.48. The van der Waals surface area contributed by atoms with Crippen LogP contribution in [0.5, 0.6) is 17.2 Å². The average molecular weight is 466 g/mol. The van der Waals surface area contributed by atoms with Gasteiger partial charge in [-0.25, -0.2) is 0 Å². The molecule has 0 aliphatic carbocycles. The van der Waals surface area contributed by atoms with Crippen molar-refractivity contribution in [3.05, 3.63) is 65.2 Å². The van der Waals surface area contributed by atoms with E-state index in [2.05, 4.69) is 9.99 Å². The summed E-state index contributed by atoms with van der Waals surface area (Å²) in [6.45, 7) is 8.55. The zero-order valence-corrected chi connectivity index (χ0v) is 19.5. The Labute approximate surface area is 192 Å². The predicted octanol–water partition coefficient (Wildman–Crippen LogP) is 6.41. The molecule has 0 aliphatic heterocycles. The number of aryl methyl sites for hydroxylation is 2. The van der Waals surface area contributed by atoms with Crippen LogP contribution in [0.2, 0.25) is 0 Å². The van der Waals surface area contributed by atoms with Crippen molar-refractivity contribution in [3.8, 4) is 17.2 Å². The first-order chi connectivity index (χ1) is 15.7. The molecule has 0 aromatic heterocycles. The van der Waals surface area contributed by atoms with Gasteiger partial charge in [-0.15, -0.1) is 0 Å². The molecule has 0 aliphatic rings. The molecule has 0 bridgehead atoms. The second kappa shape index (κ2) is 12.2. The third-order valence-electron chi connectivity index (χ3n) is 4.69. The van der Waals surface area contributed by atoms with Gasteiger partial charge in [0.25, 0.3) is 0 Å². The molecule has 0 radical (unpaired) electrons. The van der Waals surface area contributed by atoms with Crippen LogP contribution in [-0.4, -0.2) is 38.3 Å². The van der Waals surface area contributed by atoms with E-state index in [-0.39, 0.29) is 18.3 Å². The van der Waals surface area contributed by atoms with Gasteiger partial charge in [0.05, 0.1) is 12.7 Å². The molecule has 180 valence electrons. The van der Waals surface area contributed by atoms with Crippen molar-refractivity contribution >= 4 is 5.71 Å². The Hall–Kier alpha value is -3.16. The molecule has 1 atom stereocenters. The third-order valence-corrected chi connectivity index (χ3v) is 4.69. The first-order valence-corrected chi connectivity index (χ1v) is 10.6. The highest BCUT2D eigenvalue weighted by molar-refractivity contribution is 6.04. The number of hydrogen-bond donors (Lipinski definition) is 0. The predicted molar refractivity (Wildman–Crippen MR) is 122 cm³/mol. The molecule has 33 heavy (non-hydrogen) atoms. The van der Waals surface area contributed by atoms with Crippen LogP contribution in [0.4, 0.5) is 13.2 Å². The van der Waals surface area contributed by atoms with Gasteiger partial charge in [0.15, 0.2) is 5.71 Å². The van der Waals surface area contributed by atoms with E-state index in [0.717, 1.165) is 29.7 Å². The SMILES string of the molecule is C/C=C/COc1cc(C)c(OC(C)CCOc2cccc(C(=NOC)C(F)(F)F)c2)c(C)c1. The summed E-state index contributed by atoms with van der Waals surface area (Å²) in [7, 11) is 1.07. The lowest BCUT2D eigenvalue weighted by Crippen LogP contribution is -2.24. The van der Waals surface area contributed by atoms with Crippen LogP contribution >= 0.6 is 0 Å². The number of nitrogens with zero attached hydrogens (tertiary/aromatic N) is 1. The minimum atomic E-state index is -4.64. The number of halogens is 3. The van der Waals surface area contributed by atoms with Gasteiger partial charge in [-0.3, -0.25) is 0 Å². The molecular weight excluding hydrogens is 435 g/mol. The van der Waals surface area contributed by atoms with Crippen molar-refractivity contribution in [2.75, 3.05) is 20.3 Å². The maximum atomic E-state index is 13.2. The topological polar surface area (TPSA) is 49.3 Å². The number of oxime groups is 1. The smallest absolute Gasteiger partial charge is 0.437 e. The van der Waals surface area contributed by atoms with E-state index in [1.165, 1.54) is 18.2 Å². The molecule has 0 fully saturated rings. The molecule has 2 aromatic carbocycles. The number of rotatable bonds is 11. The van der Waals surface area contributed by atoms with E-state index >= 15 is 0 Å². The number of allylic oxidation sites excluding steroid dienone is 1. The molecule has 5 nitrogen and oxygen atoms in total. The van der Waals surface area contributed by atoms with Crippen LogP contribution in [-0.2, 0) is 4.84 Å². The standard InChI is InChI=1S/C25H30F3NO4/c1-6-7-12-31-22-14-17(2)23(18(3)15-22)33-19(4)11-13-32-21-10-8-9-20(16-21)24(29-30-5)25(26,27)28/h6-10,14-16,19H,11-13H2,1-5H3/b7-6+,29-24?. The van der Waals surface area contributed by atoms with Crippen LogP contribution in [0, 0.1) is 13.8 Å². The Morgan fingerprint density at radius 1 is 1.06 bits per heavy atom. The lowest BCUT2D eigenvalue weighted by atomic mass is 10.1. The molecule has 0 spiro atoms. The van der Waals surface area contributed by atoms with Crippen molar-refractivity contribution in [2.45, 2.75) is 46.4 Å². The lowest BCUT2D eigenvalue weighted by Gasteiger charge is -2.19. The van der Waals surface area contributed by atoms with Crippen LogP contribution in [0.1, 0.15) is 37.0 Å². The van der Waals surface area contributed by atoms with Gasteiger partial charge in [0.2, 0.25) is 0 Å². The molecular formula is C25H30F3NO4. The van der Waals surface area contributed by atoms with Gasteiger partial charge in [0.1, 0.15) is 31.0 Å². The van der Waals surface area contributed by atoms with E-state index in [1.807, 2.05) is 52.0 Å². The molecule has 0 saturated carbocycles. The number of hydrogen-bond acceptors (Lipinski definition) is 5. The molecule has 0 heterocycles. The molecule has 2 rings (SSSR count). The number of benzene rings is 2. The van der Waals surface area contributed by atoms with Gasteiger partial charge in [-0.2, -0.15) is 13.2 Å². The Morgan fingerprint density at radius 2 is 1.76 bits per heavy atom. The zero-order valence-electron chi connectivity index (χ0n) is 19.5. The van der Waals surface area contributed by atoms with Crippen LogP contribution in [0.25, 0.3) is 0 Å². The fourth-order valence-electron chi connectivity index (χ4n) is 3.12. The summed E-state index contributed by atoms with van der Waals surface area (Å²) in [4.78, 5) is 4.34. The minimum Gasteiger partial charge on any atom is -0.493 e. The third kappa shape index (κ3) is 8.04. The summed E-state index contributed by atoms with van der Waals surface area (Å²) in [6, 6.07) is 9.53. The fraction of sp³-hybridized carbons (Fsp3) is 0.400. The van der Waals surface area contributed by atoms with Gasteiger partial charge in [0, 0.05) is 12.0 Å². The van der Waals surface area contributed by atoms with Gasteiger partial charge in [-0.05, 0) is 63.1 Å². The molecule has 2 aromatic rings. The number of ether oxygens (including phenoxy) is 3. The Kier molecular flexibility index (Phi) is 9.63. The van der Waals surface area contributed by atoms with E-state index in [9.17, 15) is 13.2 Å². The van der Waals surface area contributed by atoms with Crippen LogP contribution in [0.15, 0.2) is 53.7 Å². The monoisotopic (exact) mass is 465 g/mol. The van der Waals surface area contributed by atoms with Crippen LogP contribution in [0.3, 0.4) is 0 Å². The van der Waals surface area contributed by atoms with Crippen molar-refractivity contribution in [2.24, 2.45) is 5.16 Å². The normalized spacial score (nSPS) is 13.2. The Morgan fingerprint density at radius 3 is 2.36 bits per heavy atom. The maximum Gasteiger partial charge on any atom is 0.437 e. The molecule has 0 saturated heterocycles. The fourth-order valence-corrected chi connectivity index (χ4v) is 3.12. The van der Waals surface area contributed by atoms with Crippen molar-refractivity contribution in [1.29, 1.82) is 0 Å². The minimum absolute atomic E-state index is 0.130. The highest BCUT2D eigenvalue weighted by atomic mass is 19.4. The Balaban J connectivity index is 1.96. The first kappa shape index (κ1) is 26.1. The first-order valence-electron chi connectivity index (χ1n) is 10.6. The van der Waals surface area contributed by atoms with E-state index in [0.29, 0.717) is 18.8 Å². The summed E-state index contributed by atoms with van der Waals surface area (Å²) >= 11 is 0. The van der Waals surface area contributed by atoms with Gasteiger partial charge < -0.3 is 19.0 Å². The largest absolute Gasteiger partial charge is 0.493 e. The van der Waals surface area contributed by atoms with Crippen molar-refractivity contribution in [3.63, 3.8) is 0 Å². The zero-order chi connectivity index (χ0) is 24.4. The average Bonchev–Trinajstić information content (AvgIpc) is 2.74. The summed E-state index contributed by atoms with van der Waals surface area (Å²) < 4.78 is 57.0. The summed E-state index contributed by atoms with van der Waals surface area (Å²) in [5.41, 5.74) is 0.677. The van der Waals surface area contributed by atoms with Gasteiger partial charge >= 0.3 is 6.18 Å². The lowest BCUT2D eigenvalue weighted by molar-refractivity contribution is -0.0608. The van der Waals surface area contributed by atoms with Gasteiger partial charge in [-0.1, -0.05) is 29.4 Å². The van der Waals surface area contributed by atoms with E-state index in [4.69, 9.17) is 14.2 Å². The summed E-state index contributed by atoms with van der Waals surface area (Å²) in [5, 5.41) is 3.11.